The van der Waals surface area contributed by atoms with Crippen molar-refractivity contribution in [2.24, 2.45) is 18.7 Å². The first-order chi connectivity index (χ1) is 8.99. The molecule has 1 aromatic rings. The first kappa shape index (κ1) is 14.1. The van der Waals surface area contributed by atoms with E-state index in [9.17, 15) is 4.79 Å². The third-order valence-electron chi connectivity index (χ3n) is 4.11. The second kappa shape index (κ2) is 5.74. The van der Waals surface area contributed by atoms with Crippen molar-refractivity contribution in [3.8, 4) is 0 Å². The lowest BCUT2D eigenvalue weighted by Gasteiger charge is -2.26. The van der Waals surface area contributed by atoms with Gasteiger partial charge in [0.05, 0.1) is 11.3 Å². The zero-order valence-corrected chi connectivity index (χ0v) is 12.1. The monoisotopic (exact) mass is 264 g/mol. The maximum absolute atomic E-state index is 12.2. The zero-order chi connectivity index (χ0) is 14.0. The van der Waals surface area contributed by atoms with Crippen molar-refractivity contribution in [1.29, 1.82) is 0 Å². The van der Waals surface area contributed by atoms with Crippen LogP contribution in [0.1, 0.15) is 47.4 Å². The van der Waals surface area contributed by atoms with Gasteiger partial charge in [-0.05, 0) is 39.0 Å². The molecule has 3 N–H and O–H groups in total. The standard InChI is InChI=1S/C14H24N4O/c1-9-13(10(2)18(3)17-9)14(19)16-8-11-5-4-6-12(15)7-11/h11-12H,4-8,15H2,1-3H3,(H,16,19). The van der Waals surface area contributed by atoms with E-state index in [2.05, 4.69) is 10.4 Å². The van der Waals surface area contributed by atoms with Gasteiger partial charge < -0.3 is 11.1 Å². The molecule has 1 aliphatic rings. The highest BCUT2D eigenvalue weighted by atomic mass is 16.1. The van der Waals surface area contributed by atoms with Crippen molar-refractivity contribution in [3.05, 3.63) is 17.0 Å². The summed E-state index contributed by atoms with van der Waals surface area (Å²) < 4.78 is 1.75. The number of nitrogens with zero attached hydrogens (tertiary/aromatic N) is 2. The van der Waals surface area contributed by atoms with Gasteiger partial charge in [-0.3, -0.25) is 9.48 Å². The van der Waals surface area contributed by atoms with Crippen LogP contribution in [0.2, 0.25) is 0 Å². The molecule has 1 amide bonds. The molecule has 2 unspecified atom stereocenters. The summed E-state index contributed by atoms with van der Waals surface area (Å²) >= 11 is 0. The van der Waals surface area contributed by atoms with E-state index in [0.29, 0.717) is 17.5 Å². The van der Waals surface area contributed by atoms with Crippen LogP contribution in [-0.4, -0.2) is 28.3 Å². The fraction of sp³-hybridized carbons (Fsp3) is 0.714. The minimum atomic E-state index is -0.0118. The Morgan fingerprint density at radius 1 is 1.47 bits per heavy atom. The van der Waals surface area contributed by atoms with Crippen LogP contribution >= 0.6 is 0 Å². The molecule has 0 bridgehead atoms. The predicted octanol–water partition coefficient (Wildman–Crippen LogP) is 1.28. The molecule has 19 heavy (non-hydrogen) atoms. The Kier molecular flexibility index (Phi) is 4.24. The molecule has 0 aromatic carbocycles. The Balaban J connectivity index is 1.94. The number of rotatable bonds is 3. The van der Waals surface area contributed by atoms with Gasteiger partial charge in [-0.1, -0.05) is 6.42 Å². The Morgan fingerprint density at radius 3 is 2.79 bits per heavy atom. The number of nitrogens with one attached hydrogen (secondary N) is 1. The van der Waals surface area contributed by atoms with Gasteiger partial charge in [-0.25, -0.2) is 0 Å². The number of nitrogens with two attached hydrogens (primary N) is 1. The number of hydrogen-bond donors (Lipinski definition) is 2. The van der Waals surface area contributed by atoms with Crippen LogP contribution in [0.25, 0.3) is 0 Å². The topological polar surface area (TPSA) is 72.9 Å². The summed E-state index contributed by atoms with van der Waals surface area (Å²) in [5, 5.41) is 7.31. The van der Waals surface area contributed by atoms with Crippen LogP contribution in [0.4, 0.5) is 0 Å². The average Bonchev–Trinajstić information content (AvgIpc) is 2.61. The molecule has 5 heteroatoms. The summed E-state index contributed by atoms with van der Waals surface area (Å²) in [6, 6.07) is 0.303. The lowest BCUT2D eigenvalue weighted by Crippen LogP contribution is -2.35. The molecular weight excluding hydrogens is 240 g/mol. The second-order valence-electron chi connectivity index (χ2n) is 5.67. The molecule has 2 rings (SSSR count). The third kappa shape index (κ3) is 3.15. The van der Waals surface area contributed by atoms with Crippen LogP contribution in [0.15, 0.2) is 0 Å². The molecule has 5 nitrogen and oxygen atoms in total. The minimum Gasteiger partial charge on any atom is -0.352 e. The van der Waals surface area contributed by atoms with E-state index in [-0.39, 0.29) is 5.91 Å². The molecule has 106 valence electrons. The van der Waals surface area contributed by atoms with Gasteiger partial charge in [0.25, 0.3) is 5.91 Å². The molecule has 1 saturated carbocycles. The molecule has 0 spiro atoms. The van der Waals surface area contributed by atoms with Crippen LogP contribution in [0.5, 0.6) is 0 Å². The highest BCUT2D eigenvalue weighted by molar-refractivity contribution is 5.96. The van der Waals surface area contributed by atoms with E-state index in [1.807, 2.05) is 20.9 Å². The summed E-state index contributed by atoms with van der Waals surface area (Å²) in [6.07, 6.45) is 4.47. The SMILES string of the molecule is Cc1nn(C)c(C)c1C(=O)NCC1CCCC(N)C1. The zero-order valence-electron chi connectivity index (χ0n) is 12.1. The molecule has 1 fully saturated rings. The summed E-state index contributed by atoms with van der Waals surface area (Å²) in [6.45, 7) is 4.52. The van der Waals surface area contributed by atoms with Gasteiger partial charge in [0.1, 0.15) is 0 Å². The van der Waals surface area contributed by atoms with E-state index < -0.39 is 0 Å². The van der Waals surface area contributed by atoms with Gasteiger partial charge in [-0.15, -0.1) is 0 Å². The van der Waals surface area contributed by atoms with Gasteiger partial charge in [-0.2, -0.15) is 5.10 Å². The smallest absolute Gasteiger partial charge is 0.255 e. The highest BCUT2D eigenvalue weighted by Crippen LogP contribution is 2.22. The average molecular weight is 264 g/mol. The molecule has 0 aliphatic heterocycles. The van der Waals surface area contributed by atoms with Crippen molar-refractivity contribution in [2.45, 2.75) is 45.6 Å². The quantitative estimate of drug-likeness (QED) is 0.864. The van der Waals surface area contributed by atoms with Gasteiger partial charge in [0.15, 0.2) is 0 Å². The maximum atomic E-state index is 12.2. The minimum absolute atomic E-state index is 0.0118. The summed E-state index contributed by atoms with van der Waals surface area (Å²) in [4.78, 5) is 12.2. The van der Waals surface area contributed by atoms with Crippen molar-refractivity contribution in [3.63, 3.8) is 0 Å². The number of carbonyl (C=O) groups excluding carboxylic acids is 1. The fourth-order valence-corrected chi connectivity index (χ4v) is 2.95. The fourth-order valence-electron chi connectivity index (χ4n) is 2.95. The molecule has 0 saturated heterocycles. The molecular formula is C14H24N4O. The summed E-state index contributed by atoms with van der Waals surface area (Å²) in [5.74, 6) is 0.507. The number of aryl methyl sites for hydroxylation is 2. The first-order valence-electron chi connectivity index (χ1n) is 7.03. The van der Waals surface area contributed by atoms with Crippen molar-refractivity contribution >= 4 is 5.91 Å². The van der Waals surface area contributed by atoms with Gasteiger partial charge in [0.2, 0.25) is 0 Å². The van der Waals surface area contributed by atoms with E-state index in [1.54, 1.807) is 4.68 Å². The van der Waals surface area contributed by atoms with Crippen LogP contribution in [0, 0.1) is 19.8 Å². The van der Waals surface area contributed by atoms with Crippen LogP contribution < -0.4 is 11.1 Å². The molecule has 1 aromatic heterocycles. The molecule has 1 aliphatic carbocycles. The van der Waals surface area contributed by atoms with E-state index in [1.165, 1.54) is 12.8 Å². The summed E-state index contributed by atoms with van der Waals surface area (Å²) in [7, 11) is 1.86. The second-order valence-corrected chi connectivity index (χ2v) is 5.67. The van der Waals surface area contributed by atoms with Crippen molar-refractivity contribution in [2.75, 3.05) is 6.54 Å². The van der Waals surface area contributed by atoms with E-state index >= 15 is 0 Å². The van der Waals surface area contributed by atoms with Crippen LogP contribution in [0.3, 0.4) is 0 Å². The Hall–Kier alpha value is -1.36. The van der Waals surface area contributed by atoms with Gasteiger partial charge >= 0.3 is 0 Å². The number of amides is 1. The largest absolute Gasteiger partial charge is 0.352 e. The predicted molar refractivity (Wildman–Crippen MR) is 74.9 cm³/mol. The molecule has 0 radical (unpaired) electrons. The Labute approximate surface area is 114 Å². The van der Waals surface area contributed by atoms with Crippen molar-refractivity contribution < 1.29 is 4.79 Å². The first-order valence-corrected chi connectivity index (χ1v) is 7.03. The van der Waals surface area contributed by atoms with E-state index in [0.717, 1.165) is 30.8 Å². The Morgan fingerprint density at radius 2 is 2.21 bits per heavy atom. The van der Waals surface area contributed by atoms with E-state index in [4.69, 9.17) is 5.73 Å². The number of aromatic nitrogens is 2. The third-order valence-corrected chi connectivity index (χ3v) is 4.11. The number of carbonyl (C=O) groups is 1. The highest BCUT2D eigenvalue weighted by Gasteiger charge is 2.22. The molecule has 1 heterocycles. The van der Waals surface area contributed by atoms with Crippen molar-refractivity contribution in [1.82, 2.24) is 15.1 Å². The summed E-state index contributed by atoms with van der Waals surface area (Å²) in [5.41, 5.74) is 8.38. The number of hydrogen-bond acceptors (Lipinski definition) is 3. The lowest BCUT2D eigenvalue weighted by molar-refractivity contribution is 0.0941. The van der Waals surface area contributed by atoms with Gasteiger partial charge in [0, 0.05) is 25.3 Å². The molecule has 2 atom stereocenters. The Bertz CT molecular complexity index is 466. The maximum Gasteiger partial charge on any atom is 0.255 e. The lowest BCUT2D eigenvalue weighted by atomic mass is 9.86. The van der Waals surface area contributed by atoms with Crippen LogP contribution in [-0.2, 0) is 7.05 Å². The normalized spacial score (nSPS) is 23.4.